The highest BCUT2D eigenvalue weighted by atomic mass is 14.3. The zero-order valence-corrected chi connectivity index (χ0v) is 23.8. The first-order valence-corrected chi connectivity index (χ1v) is 15.6. The van der Waals surface area contributed by atoms with Crippen molar-refractivity contribution in [3.05, 3.63) is 101 Å². The monoisotopic (exact) mass is 515 g/mol. The molecule has 0 aliphatic heterocycles. The van der Waals surface area contributed by atoms with Crippen molar-refractivity contribution in [2.24, 2.45) is 11.8 Å². The molecule has 0 atom stereocenters. The Balaban J connectivity index is 1.09. The molecule has 1 heteroatoms. The van der Waals surface area contributed by atoms with E-state index in [0.29, 0.717) is 11.8 Å². The molecule has 0 radical (unpaired) electrons. The molecule has 0 spiro atoms. The molecule has 2 aliphatic rings. The molecule has 39 heavy (non-hydrogen) atoms. The molecular weight excluding hydrogens is 470 g/mol. The first kappa shape index (κ1) is 27.5. The fraction of sp³-hybridized carbons (Fsp3) is 0.447. The summed E-state index contributed by atoms with van der Waals surface area (Å²) in [7, 11) is 0. The van der Waals surface area contributed by atoms with Gasteiger partial charge in [-0.05, 0) is 115 Å². The second-order valence-corrected chi connectivity index (χ2v) is 12.2. The van der Waals surface area contributed by atoms with Gasteiger partial charge in [0.1, 0.15) is 0 Å². The zero-order valence-electron chi connectivity index (χ0n) is 23.8. The van der Waals surface area contributed by atoms with Crippen LogP contribution in [0, 0.1) is 23.2 Å². The third kappa shape index (κ3) is 7.51. The highest BCUT2D eigenvalue weighted by Crippen LogP contribution is 2.39. The topological polar surface area (TPSA) is 23.8 Å². The van der Waals surface area contributed by atoms with Gasteiger partial charge >= 0.3 is 0 Å². The third-order valence-corrected chi connectivity index (χ3v) is 9.53. The van der Waals surface area contributed by atoms with E-state index in [4.69, 9.17) is 5.26 Å². The standard InChI is InChI=1S/C38H45N/c1-2-3-4-5-29-8-16-34(17-9-29)37-24-26-38(27-25-37)35-20-12-31(13-21-35)7-6-30-10-18-33(19-11-30)36-22-14-32(28-39)15-23-36/h6-7,12-15,20-27,29-30,33-34H,2-5,8-11,16-19H2,1H3/t29-,30?,33?,34-. The van der Waals surface area contributed by atoms with Crippen molar-refractivity contribution in [1.82, 2.24) is 0 Å². The number of allylic oxidation sites excluding steroid dienone is 1. The molecule has 202 valence electrons. The Morgan fingerprint density at radius 3 is 1.77 bits per heavy atom. The van der Waals surface area contributed by atoms with Gasteiger partial charge in [-0.2, -0.15) is 5.26 Å². The first-order valence-electron chi connectivity index (χ1n) is 15.6. The molecule has 0 amide bonds. The smallest absolute Gasteiger partial charge is 0.0991 e. The lowest BCUT2D eigenvalue weighted by molar-refractivity contribution is 0.303. The van der Waals surface area contributed by atoms with E-state index in [0.717, 1.165) is 17.4 Å². The van der Waals surface area contributed by atoms with Gasteiger partial charge in [-0.3, -0.25) is 0 Å². The van der Waals surface area contributed by atoms with Gasteiger partial charge < -0.3 is 0 Å². The van der Waals surface area contributed by atoms with E-state index in [1.54, 1.807) is 5.56 Å². The lowest BCUT2D eigenvalue weighted by atomic mass is 9.77. The summed E-state index contributed by atoms with van der Waals surface area (Å²) >= 11 is 0. The van der Waals surface area contributed by atoms with Gasteiger partial charge in [0.25, 0.3) is 0 Å². The molecule has 3 aromatic rings. The van der Waals surface area contributed by atoms with Crippen LogP contribution in [0.2, 0.25) is 0 Å². The van der Waals surface area contributed by atoms with E-state index in [-0.39, 0.29) is 0 Å². The second kappa shape index (κ2) is 13.8. The van der Waals surface area contributed by atoms with E-state index in [1.165, 1.54) is 99.3 Å². The summed E-state index contributed by atoms with van der Waals surface area (Å²) in [6, 6.07) is 29.0. The van der Waals surface area contributed by atoms with Crippen molar-refractivity contribution in [3.63, 3.8) is 0 Å². The van der Waals surface area contributed by atoms with Crippen molar-refractivity contribution >= 4 is 6.08 Å². The van der Waals surface area contributed by atoms with Gasteiger partial charge in [0.05, 0.1) is 11.6 Å². The number of nitriles is 1. The Bertz CT molecular complexity index is 1210. The van der Waals surface area contributed by atoms with Crippen LogP contribution in [0.3, 0.4) is 0 Å². The van der Waals surface area contributed by atoms with Crippen LogP contribution in [0.25, 0.3) is 17.2 Å². The first-order chi connectivity index (χ1) is 19.2. The minimum atomic E-state index is 0.638. The van der Waals surface area contributed by atoms with Crippen molar-refractivity contribution < 1.29 is 0 Å². The Morgan fingerprint density at radius 1 is 0.667 bits per heavy atom. The van der Waals surface area contributed by atoms with Crippen molar-refractivity contribution in [3.8, 4) is 17.2 Å². The summed E-state index contributed by atoms with van der Waals surface area (Å²) in [5.74, 6) is 3.04. The minimum Gasteiger partial charge on any atom is -0.192 e. The Hall–Kier alpha value is -3.11. The second-order valence-electron chi connectivity index (χ2n) is 12.2. The van der Waals surface area contributed by atoms with Crippen LogP contribution in [-0.4, -0.2) is 0 Å². The summed E-state index contributed by atoms with van der Waals surface area (Å²) < 4.78 is 0. The number of hydrogen-bond acceptors (Lipinski definition) is 1. The van der Waals surface area contributed by atoms with Crippen LogP contribution in [0.15, 0.2) is 78.9 Å². The largest absolute Gasteiger partial charge is 0.192 e. The van der Waals surface area contributed by atoms with Gasteiger partial charge in [0.2, 0.25) is 0 Å². The quantitative estimate of drug-likeness (QED) is 0.260. The van der Waals surface area contributed by atoms with Gasteiger partial charge in [0.15, 0.2) is 0 Å². The molecule has 0 saturated heterocycles. The lowest BCUT2D eigenvalue weighted by Gasteiger charge is -2.29. The summed E-state index contributed by atoms with van der Waals surface area (Å²) in [5.41, 5.74) is 7.61. The fourth-order valence-corrected chi connectivity index (χ4v) is 6.92. The Morgan fingerprint density at radius 2 is 1.21 bits per heavy atom. The van der Waals surface area contributed by atoms with Crippen molar-refractivity contribution in [1.29, 1.82) is 5.26 Å². The summed E-state index contributed by atoms with van der Waals surface area (Å²) in [5, 5.41) is 9.03. The summed E-state index contributed by atoms with van der Waals surface area (Å²) in [6.45, 7) is 2.31. The molecule has 0 bridgehead atoms. The Kier molecular flexibility index (Phi) is 9.71. The predicted molar refractivity (Wildman–Crippen MR) is 166 cm³/mol. The molecule has 0 heterocycles. The highest BCUT2D eigenvalue weighted by molar-refractivity contribution is 5.66. The average Bonchev–Trinajstić information content (AvgIpc) is 3.01. The molecule has 3 aromatic carbocycles. The molecular formula is C38H45N. The Labute approximate surface area is 237 Å². The lowest BCUT2D eigenvalue weighted by Crippen LogP contribution is -2.13. The average molecular weight is 516 g/mol. The van der Waals surface area contributed by atoms with Crippen LogP contribution in [0.4, 0.5) is 0 Å². The molecule has 2 saturated carbocycles. The molecule has 2 fully saturated rings. The maximum absolute atomic E-state index is 9.03. The van der Waals surface area contributed by atoms with Gasteiger partial charge in [-0.15, -0.1) is 0 Å². The zero-order chi connectivity index (χ0) is 26.9. The van der Waals surface area contributed by atoms with Crippen LogP contribution in [0.5, 0.6) is 0 Å². The van der Waals surface area contributed by atoms with E-state index in [9.17, 15) is 0 Å². The van der Waals surface area contributed by atoms with Gasteiger partial charge in [-0.1, -0.05) is 105 Å². The summed E-state index contributed by atoms with van der Waals surface area (Å²) in [4.78, 5) is 0. The van der Waals surface area contributed by atoms with Crippen molar-refractivity contribution in [2.75, 3.05) is 0 Å². The van der Waals surface area contributed by atoms with Gasteiger partial charge in [-0.25, -0.2) is 0 Å². The third-order valence-electron chi connectivity index (χ3n) is 9.53. The number of rotatable bonds is 9. The highest BCUT2D eigenvalue weighted by Gasteiger charge is 2.22. The van der Waals surface area contributed by atoms with Crippen molar-refractivity contribution in [2.45, 2.75) is 95.8 Å². The molecule has 0 unspecified atom stereocenters. The van der Waals surface area contributed by atoms with Crippen LogP contribution in [-0.2, 0) is 0 Å². The van der Waals surface area contributed by atoms with Gasteiger partial charge in [0, 0.05) is 0 Å². The van der Waals surface area contributed by atoms with E-state index in [2.05, 4.69) is 85.8 Å². The minimum absolute atomic E-state index is 0.638. The number of benzene rings is 3. The molecule has 0 N–H and O–H groups in total. The van der Waals surface area contributed by atoms with E-state index < -0.39 is 0 Å². The van der Waals surface area contributed by atoms with Crippen LogP contribution in [0.1, 0.15) is 118 Å². The predicted octanol–water partition coefficient (Wildman–Crippen LogP) is 11.1. The molecule has 2 aliphatic carbocycles. The van der Waals surface area contributed by atoms with E-state index >= 15 is 0 Å². The maximum atomic E-state index is 9.03. The van der Waals surface area contributed by atoms with Crippen LogP contribution >= 0.6 is 0 Å². The van der Waals surface area contributed by atoms with E-state index in [1.807, 2.05) is 12.1 Å². The number of nitrogens with zero attached hydrogens (tertiary/aromatic N) is 1. The molecule has 0 aromatic heterocycles. The molecule has 1 nitrogen and oxygen atoms in total. The van der Waals surface area contributed by atoms with Crippen LogP contribution < -0.4 is 0 Å². The fourth-order valence-electron chi connectivity index (χ4n) is 6.92. The SMILES string of the molecule is CCCCC[C@H]1CC[C@H](c2ccc(-c3ccc(C=CC4CCC(c5ccc(C#N)cc5)CC4)cc3)cc2)CC1. The number of hydrogen-bond donors (Lipinski definition) is 0. The number of unbranched alkanes of at least 4 members (excludes halogenated alkanes) is 2. The maximum Gasteiger partial charge on any atom is 0.0991 e. The normalized spacial score (nSPS) is 23.5. The molecule has 5 rings (SSSR count). The summed E-state index contributed by atoms with van der Waals surface area (Å²) in [6.07, 6.45) is 20.9.